The molecule has 0 aliphatic heterocycles. The summed E-state index contributed by atoms with van der Waals surface area (Å²) in [5.74, 6) is -0.580. The van der Waals surface area contributed by atoms with Crippen LogP contribution >= 0.6 is 0 Å². The van der Waals surface area contributed by atoms with Crippen molar-refractivity contribution < 1.29 is 31.9 Å². The highest BCUT2D eigenvalue weighted by atomic mass is 19.4. The second kappa shape index (κ2) is 13.0. The number of esters is 1. The maximum atomic E-state index is 13.3. The van der Waals surface area contributed by atoms with Crippen molar-refractivity contribution in [2.45, 2.75) is 60.4 Å². The van der Waals surface area contributed by atoms with Gasteiger partial charge in [0, 0.05) is 29.3 Å². The second-order valence-corrected chi connectivity index (χ2v) is 10.8. The standard InChI is InChI=1S/C26H23F3N2O4.C5H12/c1-2-33-24(32)12-18-3-4-20(26(27,28)29)13-23(18)35-15-16-9-19-6-8-34-25(19)22(10-16)17-5-7-31-21(11-17)14-30;1-5(2,3)4/h3-11,13H,2,12,14-15,30H2,1H3;1-4H3. The minimum Gasteiger partial charge on any atom is -0.489 e. The Kier molecular flexibility index (Phi) is 9.98. The average molecular weight is 557 g/mol. The Balaban J connectivity index is 0.000000810. The first-order chi connectivity index (χ1) is 18.8. The van der Waals surface area contributed by atoms with Gasteiger partial charge in [-0.2, -0.15) is 13.2 Å². The topological polar surface area (TPSA) is 87.6 Å². The van der Waals surface area contributed by atoms with Crippen LogP contribution < -0.4 is 10.5 Å². The minimum absolute atomic E-state index is 0.0277. The van der Waals surface area contributed by atoms with E-state index in [0.717, 1.165) is 28.6 Å². The molecular weight excluding hydrogens is 521 g/mol. The van der Waals surface area contributed by atoms with Gasteiger partial charge in [0.05, 0.1) is 30.5 Å². The van der Waals surface area contributed by atoms with Crippen LogP contribution in [0, 0.1) is 5.41 Å². The summed E-state index contributed by atoms with van der Waals surface area (Å²) in [5.41, 5.74) is 9.35. The molecule has 0 spiro atoms. The summed E-state index contributed by atoms with van der Waals surface area (Å²) in [6.45, 7) is 10.8. The number of aromatic nitrogens is 1. The van der Waals surface area contributed by atoms with Gasteiger partial charge in [-0.1, -0.05) is 33.8 Å². The van der Waals surface area contributed by atoms with Crippen molar-refractivity contribution in [3.63, 3.8) is 0 Å². The minimum atomic E-state index is -4.55. The maximum absolute atomic E-state index is 13.3. The number of hydrogen-bond acceptors (Lipinski definition) is 6. The Bertz CT molecular complexity index is 1430. The number of nitrogens with zero attached hydrogens (tertiary/aromatic N) is 1. The van der Waals surface area contributed by atoms with E-state index < -0.39 is 17.7 Å². The summed E-state index contributed by atoms with van der Waals surface area (Å²) in [6, 6.07) is 12.2. The van der Waals surface area contributed by atoms with Crippen LogP contribution in [0.1, 0.15) is 57.0 Å². The highest BCUT2D eigenvalue weighted by molar-refractivity contribution is 5.93. The molecule has 0 aliphatic rings. The Morgan fingerprint density at radius 2 is 1.75 bits per heavy atom. The number of pyridine rings is 1. The molecule has 2 aromatic carbocycles. The normalized spacial score (nSPS) is 11.6. The number of carbonyl (C=O) groups excluding carboxylic acids is 1. The lowest BCUT2D eigenvalue weighted by Crippen LogP contribution is -2.11. The third-order valence-corrected chi connectivity index (χ3v) is 5.38. The Morgan fingerprint density at radius 1 is 1.02 bits per heavy atom. The van der Waals surface area contributed by atoms with E-state index in [1.807, 2.05) is 24.3 Å². The van der Waals surface area contributed by atoms with E-state index in [-0.39, 0.29) is 31.9 Å². The molecule has 0 unspecified atom stereocenters. The zero-order valence-electron chi connectivity index (χ0n) is 23.4. The van der Waals surface area contributed by atoms with Crippen molar-refractivity contribution in [2.24, 2.45) is 11.1 Å². The lowest BCUT2D eigenvalue weighted by atomic mass is 10.0. The van der Waals surface area contributed by atoms with Gasteiger partial charge in [0.2, 0.25) is 0 Å². The van der Waals surface area contributed by atoms with Crippen LogP contribution in [-0.2, 0) is 35.3 Å². The van der Waals surface area contributed by atoms with Crippen LogP contribution in [0.3, 0.4) is 0 Å². The number of halogens is 3. The number of fused-ring (bicyclic) bond motifs is 1. The van der Waals surface area contributed by atoms with Crippen LogP contribution in [0.5, 0.6) is 5.75 Å². The van der Waals surface area contributed by atoms with Crippen LogP contribution in [0.4, 0.5) is 13.2 Å². The summed E-state index contributed by atoms with van der Waals surface area (Å²) in [4.78, 5) is 16.2. The van der Waals surface area contributed by atoms with E-state index in [0.29, 0.717) is 27.8 Å². The van der Waals surface area contributed by atoms with Crippen LogP contribution in [0.25, 0.3) is 22.1 Å². The smallest absolute Gasteiger partial charge is 0.416 e. The third-order valence-electron chi connectivity index (χ3n) is 5.38. The van der Waals surface area contributed by atoms with E-state index >= 15 is 0 Å². The lowest BCUT2D eigenvalue weighted by Gasteiger charge is -2.15. The first-order valence-corrected chi connectivity index (χ1v) is 12.9. The largest absolute Gasteiger partial charge is 0.489 e. The molecule has 4 aromatic rings. The summed E-state index contributed by atoms with van der Waals surface area (Å²) in [7, 11) is 0. The molecule has 0 saturated carbocycles. The van der Waals surface area contributed by atoms with Crippen molar-refractivity contribution in [1.82, 2.24) is 4.98 Å². The quantitative estimate of drug-likeness (QED) is 0.224. The summed E-state index contributed by atoms with van der Waals surface area (Å²) >= 11 is 0. The molecular formula is C31H35F3N2O4. The third kappa shape index (κ3) is 8.84. The molecule has 0 radical (unpaired) electrons. The molecule has 0 atom stereocenters. The molecule has 2 N–H and O–H groups in total. The second-order valence-electron chi connectivity index (χ2n) is 10.8. The van der Waals surface area contributed by atoms with Crippen LogP contribution in [0.2, 0.25) is 0 Å². The molecule has 0 fully saturated rings. The number of ether oxygens (including phenoxy) is 2. The fourth-order valence-corrected chi connectivity index (χ4v) is 3.74. The van der Waals surface area contributed by atoms with Gasteiger partial charge >= 0.3 is 12.1 Å². The van der Waals surface area contributed by atoms with E-state index in [1.165, 1.54) is 6.07 Å². The number of alkyl halides is 3. The molecule has 9 heteroatoms. The Hall–Kier alpha value is -3.85. The number of carbonyl (C=O) groups is 1. The van der Waals surface area contributed by atoms with E-state index in [2.05, 4.69) is 32.7 Å². The summed E-state index contributed by atoms with van der Waals surface area (Å²) in [5, 5.41) is 0.808. The van der Waals surface area contributed by atoms with Gasteiger partial charge in [-0.15, -0.1) is 0 Å². The molecule has 0 aliphatic carbocycles. The average Bonchev–Trinajstić information content (AvgIpc) is 3.35. The van der Waals surface area contributed by atoms with Crippen molar-refractivity contribution >= 4 is 16.9 Å². The number of furan rings is 1. The van der Waals surface area contributed by atoms with Crippen molar-refractivity contribution in [3.05, 3.63) is 83.4 Å². The molecule has 0 amide bonds. The van der Waals surface area contributed by atoms with E-state index in [9.17, 15) is 18.0 Å². The van der Waals surface area contributed by atoms with Crippen LogP contribution in [0.15, 0.2) is 65.4 Å². The number of benzene rings is 2. The van der Waals surface area contributed by atoms with Gasteiger partial charge < -0.3 is 19.6 Å². The fourth-order valence-electron chi connectivity index (χ4n) is 3.74. The van der Waals surface area contributed by atoms with Crippen molar-refractivity contribution in [3.8, 4) is 16.9 Å². The van der Waals surface area contributed by atoms with Crippen molar-refractivity contribution in [2.75, 3.05) is 6.61 Å². The van der Waals surface area contributed by atoms with Crippen LogP contribution in [-0.4, -0.2) is 17.6 Å². The Morgan fingerprint density at radius 3 is 2.40 bits per heavy atom. The molecule has 0 bridgehead atoms. The summed E-state index contributed by atoms with van der Waals surface area (Å²) in [6.07, 6.45) is -1.54. The highest BCUT2D eigenvalue weighted by Gasteiger charge is 2.31. The van der Waals surface area contributed by atoms with Gasteiger partial charge in [-0.25, -0.2) is 0 Å². The lowest BCUT2D eigenvalue weighted by molar-refractivity contribution is -0.142. The van der Waals surface area contributed by atoms with Gasteiger partial charge in [0.1, 0.15) is 17.9 Å². The van der Waals surface area contributed by atoms with Crippen molar-refractivity contribution in [1.29, 1.82) is 0 Å². The predicted octanol–water partition coefficient (Wildman–Crippen LogP) is 7.71. The zero-order chi connectivity index (χ0) is 29.5. The molecule has 2 aromatic heterocycles. The maximum Gasteiger partial charge on any atom is 0.416 e. The molecule has 4 rings (SSSR count). The van der Waals surface area contributed by atoms with E-state index in [4.69, 9.17) is 19.6 Å². The first-order valence-electron chi connectivity index (χ1n) is 12.9. The molecule has 0 saturated heterocycles. The van der Waals surface area contributed by atoms with Gasteiger partial charge in [0.25, 0.3) is 0 Å². The fraction of sp³-hybridized carbons (Fsp3) is 0.355. The van der Waals surface area contributed by atoms with E-state index in [1.54, 1.807) is 25.5 Å². The van der Waals surface area contributed by atoms with Gasteiger partial charge in [0.15, 0.2) is 0 Å². The zero-order valence-corrected chi connectivity index (χ0v) is 23.4. The Labute approximate surface area is 232 Å². The predicted molar refractivity (Wildman–Crippen MR) is 149 cm³/mol. The summed E-state index contributed by atoms with van der Waals surface area (Å²) < 4.78 is 56.4. The van der Waals surface area contributed by atoms with Gasteiger partial charge in [-0.3, -0.25) is 9.78 Å². The highest BCUT2D eigenvalue weighted by Crippen LogP contribution is 2.35. The number of hydrogen-bond donors (Lipinski definition) is 1. The molecule has 214 valence electrons. The first kappa shape index (κ1) is 30.7. The number of rotatable bonds is 8. The monoisotopic (exact) mass is 556 g/mol. The molecule has 6 nitrogen and oxygen atoms in total. The SMILES string of the molecule is CC(C)(C)C.CCOC(=O)Cc1ccc(C(F)(F)F)cc1OCc1cc(-c2ccnc(CN)c2)c2occc2c1. The number of nitrogens with two attached hydrogens (primary N) is 1. The molecule has 2 heterocycles. The van der Waals surface area contributed by atoms with Gasteiger partial charge in [-0.05, 0) is 65.9 Å². The molecule has 40 heavy (non-hydrogen) atoms.